The summed E-state index contributed by atoms with van der Waals surface area (Å²) in [6.45, 7) is 5.33. The van der Waals surface area contributed by atoms with E-state index in [4.69, 9.17) is 22.6 Å². The largest absolute Gasteiger partial charge is 0.530 e. The zero-order valence-corrected chi connectivity index (χ0v) is 14.0. The zero-order valence-electron chi connectivity index (χ0n) is 12.2. The summed E-state index contributed by atoms with van der Waals surface area (Å²) >= 11 is 0. The summed E-state index contributed by atoms with van der Waals surface area (Å²) in [6, 6.07) is 0. The Hall–Kier alpha value is -1.20. The van der Waals surface area contributed by atoms with Crippen LogP contribution in [0.15, 0.2) is 0 Å². The van der Waals surface area contributed by atoms with Gasteiger partial charge in [0.2, 0.25) is 17.2 Å². The maximum absolute atomic E-state index is 12.9. The van der Waals surface area contributed by atoms with Crippen molar-refractivity contribution in [2.75, 3.05) is 13.2 Å². The third-order valence-corrected chi connectivity index (χ3v) is 6.80. The molecular formula is C12H16O8P2. The number of hydrogen-bond donors (Lipinski definition) is 2. The fourth-order valence-corrected chi connectivity index (χ4v) is 5.25. The van der Waals surface area contributed by atoms with Crippen LogP contribution in [-0.2, 0) is 13.6 Å². The van der Waals surface area contributed by atoms with Gasteiger partial charge in [0.1, 0.15) is 0 Å². The van der Waals surface area contributed by atoms with Crippen LogP contribution in [-0.4, -0.2) is 23.4 Å². The van der Waals surface area contributed by atoms with Crippen LogP contribution in [0.3, 0.4) is 0 Å². The molecule has 0 amide bonds. The molecule has 1 aromatic carbocycles. The summed E-state index contributed by atoms with van der Waals surface area (Å²) in [4.78, 5) is 0. The van der Waals surface area contributed by atoms with E-state index in [1.54, 1.807) is 20.8 Å². The van der Waals surface area contributed by atoms with Gasteiger partial charge in [-0.1, -0.05) is 0 Å². The number of rotatable bonds is 6. The highest BCUT2D eigenvalue weighted by Gasteiger charge is 2.49. The first kappa shape index (κ1) is 15.7. The van der Waals surface area contributed by atoms with Gasteiger partial charge in [-0.05, 0) is 20.8 Å². The van der Waals surface area contributed by atoms with E-state index in [1.807, 2.05) is 0 Å². The minimum absolute atomic E-state index is 0.0449. The normalized spacial score (nSPS) is 19.5. The third-order valence-electron chi connectivity index (χ3n) is 3.36. The van der Waals surface area contributed by atoms with Gasteiger partial charge >= 0.3 is 16.2 Å². The van der Waals surface area contributed by atoms with Gasteiger partial charge in [0.25, 0.3) is 0 Å². The number of phenolic OH excluding ortho intramolecular Hbond substituents is 2. The van der Waals surface area contributed by atoms with Crippen molar-refractivity contribution < 1.29 is 37.4 Å². The highest BCUT2D eigenvalue weighted by molar-refractivity contribution is 7.54. The SMILES string of the molecule is CCOP(=O)(OCC)C(C)c1c(O)c(O)c2c3c1OP(O2)O3. The lowest BCUT2D eigenvalue weighted by Crippen LogP contribution is -2.06. The molecule has 0 aliphatic carbocycles. The number of aromatic hydroxyl groups is 2. The molecule has 10 heteroatoms. The minimum Gasteiger partial charge on any atom is -0.504 e. The van der Waals surface area contributed by atoms with Gasteiger partial charge in [0, 0.05) is 0 Å². The van der Waals surface area contributed by atoms with Crippen LogP contribution in [0.5, 0.6) is 28.7 Å². The summed E-state index contributed by atoms with van der Waals surface area (Å²) in [5.74, 6) is -0.462. The zero-order chi connectivity index (χ0) is 16.1. The van der Waals surface area contributed by atoms with Crippen molar-refractivity contribution >= 4 is 16.2 Å². The average Bonchev–Trinajstić information content (AvgIpc) is 3.06. The third kappa shape index (κ3) is 2.14. The Bertz CT molecular complexity index is 651. The van der Waals surface area contributed by atoms with Crippen molar-refractivity contribution in [1.82, 2.24) is 0 Å². The Morgan fingerprint density at radius 2 is 1.59 bits per heavy atom. The van der Waals surface area contributed by atoms with Crippen molar-refractivity contribution in [3.05, 3.63) is 5.56 Å². The molecule has 0 aromatic heterocycles. The van der Waals surface area contributed by atoms with Crippen LogP contribution in [0.1, 0.15) is 32.0 Å². The topological polar surface area (TPSA) is 104 Å². The van der Waals surface area contributed by atoms with E-state index in [1.165, 1.54) is 0 Å². The van der Waals surface area contributed by atoms with E-state index in [-0.39, 0.29) is 36.0 Å². The van der Waals surface area contributed by atoms with Crippen molar-refractivity contribution in [3.8, 4) is 28.7 Å². The fraction of sp³-hybridized carbons (Fsp3) is 0.500. The van der Waals surface area contributed by atoms with Crippen LogP contribution in [0.4, 0.5) is 0 Å². The van der Waals surface area contributed by atoms with Gasteiger partial charge in [0.15, 0.2) is 11.5 Å². The van der Waals surface area contributed by atoms with Gasteiger partial charge in [-0.15, -0.1) is 0 Å². The van der Waals surface area contributed by atoms with E-state index in [2.05, 4.69) is 0 Å². The molecule has 22 heavy (non-hydrogen) atoms. The first-order chi connectivity index (χ1) is 10.4. The molecule has 0 fully saturated rings. The van der Waals surface area contributed by atoms with Crippen LogP contribution >= 0.6 is 16.2 Å². The van der Waals surface area contributed by atoms with Gasteiger partial charge in [0.05, 0.1) is 24.4 Å². The van der Waals surface area contributed by atoms with Crippen molar-refractivity contribution in [3.63, 3.8) is 0 Å². The molecule has 2 unspecified atom stereocenters. The quantitative estimate of drug-likeness (QED) is 0.589. The second-order valence-electron chi connectivity index (χ2n) is 4.65. The Balaban J connectivity index is 2.11. The summed E-state index contributed by atoms with van der Waals surface area (Å²) in [7, 11) is -5.21. The Labute approximate surface area is 128 Å². The second-order valence-corrected chi connectivity index (χ2v) is 8.01. The minimum atomic E-state index is -3.55. The standard InChI is InChI=1S/C12H16O8P2/c1-4-16-22(15,17-5-2)6(3)7-8(13)9(14)11-12-10(7)18-21(19-11)20-12/h6,13-14H,4-5H2,1-3H3. The van der Waals surface area contributed by atoms with Gasteiger partial charge in [-0.25, -0.2) is 0 Å². The van der Waals surface area contributed by atoms with E-state index in [0.29, 0.717) is 0 Å². The number of fused-ring (bicyclic) bond motifs is 1. The molecule has 2 N–H and O–H groups in total. The van der Waals surface area contributed by atoms with Crippen molar-refractivity contribution in [2.24, 2.45) is 0 Å². The predicted molar refractivity (Wildman–Crippen MR) is 77.8 cm³/mol. The molecule has 0 spiro atoms. The van der Waals surface area contributed by atoms with Crippen LogP contribution < -0.4 is 13.6 Å². The van der Waals surface area contributed by atoms with Crippen molar-refractivity contribution in [1.29, 1.82) is 0 Å². The molecule has 1 aromatic rings. The smallest absolute Gasteiger partial charge is 0.504 e. The average molecular weight is 350 g/mol. The molecule has 0 radical (unpaired) electrons. The monoisotopic (exact) mass is 350 g/mol. The van der Waals surface area contributed by atoms with Crippen LogP contribution in [0, 0.1) is 0 Å². The Kier molecular flexibility index (Phi) is 3.89. The van der Waals surface area contributed by atoms with E-state index in [0.717, 1.165) is 0 Å². The van der Waals surface area contributed by atoms with Gasteiger partial charge in [-0.2, -0.15) is 0 Å². The summed E-state index contributed by atoms with van der Waals surface area (Å²) < 4.78 is 39.5. The molecule has 0 saturated carbocycles. The molecule has 122 valence electrons. The fourth-order valence-electron chi connectivity index (χ4n) is 2.38. The van der Waals surface area contributed by atoms with Crippen LogP contribution in [0.2, 0.25) is 0 Å². The lowest BCUT2D eigenvalue weighted by molar-refractivity contribution is 0.212. The molecular weight excluding hydrogens is 334 g/mol. The molecule has 2 aliphatic rings. The first-order valence-electron chi connectivity index (χ1n) is 6.77. The maximum atomic E-state index is 12.9. The van der Waals surface area contributed by atoms with Crippen LogP contribution in [0.25, 0.3) is 0 Å². The van der Waals surface area contributed by atoms with E-state index >= 15 is 0 Å². The molecule has 2 bridgehead atoms. The maximum Gasteiger partial charge on any atom is 0.530 e. The van der Waals surface area contributed by atoms with Crippen molar-refractivity contribution in [2.45, 2.75) is 26.4 Å². The highest BCUT2D eigenvalue weighted by atomic mass is 31.2. The Morgan fingerprint density at radius 1 is 1.05 bits per heavy atom. The summed E-state index contributed by atoms with van der Waals surface area (Å²) in [5, 5.41) is 20.3. The summed E-state index contributed by atoms with van der Waals surface area (Å²) in [6.07, 6.45) is 0. The first-order valence-corrected chi connectivity index (χ1v) is 9.48. The van der Waals surface area contributed by atoms with Gasteiger partial charge in [-0.3, -0.25) is 4.57 Å². The van der Waals surface area contributed by atoms with E-state index < -0.39 is 33.4 Å². The number of benzene rings is 1. The number of phenols is 2. The molecule has 2 heterocycles. The number of hydrogen-bond acceptors (Lipinski definition) is 8. The molecule has 2 atom stereocenters. The Morgan fingerprint density at radius 3 is 2.14 bits per heavy atom. The predicted octanol–water partition coefficient (Wildman–Crippen LogP) is 3.82. The molecule has 3 rings (SSSR count). The molecule has 0 saturated heterocycles. The molecule has 2 aliphatic heterocycles. The highest BCUT2D eigenvalue weighted by Crippen LogP contribution is 2.74. The second kappa shape index (κ2) is 5.46. The lowest BCUT2D eigenvalue weighted by Gasteiger charge is -2.26. The van der Waals surface area contributed by atoms with Gasteiger partial charge < -0.3 is 32.8 Å². The molecule has 8 nitrogen and oxygen atoms in total. The summed E-state index contributed by atoms with van der Waals surface area (Å²) in [5.41, 5.74) is -0.715. The van der Waals surface area contributed by atoms with E-state index in [9.17, 15) is 14.8 Å². The lowest BCUT2D eigenvalue weighted by atomic mass is 10.1.